The molecule has 0 spiro atoms. The molecule has 10 heavy (non-hydrogen) atoms. The molecule has 1 atom stereocenters. The topological polar surface area (TPSA) is 26.3 Å². The first kappa shape index (κ1) is 6.20. The van der Waals surface area contributed by atoms with Crippen LogP contribution >= 0.6 is 0 Å². The van der Waals surface area contributed by atoms with Crippen LogP contribution in [0.3, 0.4) is 0 Å². The van der Waals surface area contributed by atoms with Crippen molar-refractivity contribution in [1.29, 1.82) is 0 Å². The molecule has 0 aromatic heterocycles. The van der Waals surface area contributed by atoms with Crippen molar-refractivity contribution in [3.8, 4) is 0 Å². The van der Waals surface area contributed by atoms with E-state index < -0.39 is 0 Å². The van der Waals surface area contributed by atoms with Gasteiger partial charge in [0.1, 0.15) is 5.60 Å². The average Bonchev–Trinajstić information content (AvgIpc) is 2.18. The molecule has 0 aliphatic heterocycles. The van der Waals surface area contributed by atoms with Crippen LogP contribution in [0.1, 0.15) is 26.2 Å². The first-order valence-electron chi connectivity index (χ1n) is 3.86. The molecule has 0 saturated heterocycles. The minimum atomic E-state index is -0.0909. The Hall–Kier alpha value is -0.530. The summed E-state index contributed by atoms with van der Waals surface area (Å²) in [5.41, 5.74) is -0.0909. The molecule has 3 aliphatic rings. The minimum absolute atomic E-state index is 0.0909. The fourth-order valence-electron chi connectivity index (χ4n) is 2.40. The summed E-state index contributed by atoms with van der Waals surface area (Å²) < 4.78 is 5.06. The third-order valence-electron chi connectivity index (χ3n) is 3.11. The van der Waals surface area contributed by atoms with Crippen LogP contribution in [-0.4, -0.2) is 12.1 Å². The second kappa shape index (κ2) is 1.74. The Labute approximate surface area is 60.6 Å². The van der Waals surface area contributed by atoms with Gasteiger partial charge in [0.05, 0.1) is 0 Å². The number of rotatable bonds is 2. The molecular weight excluding hydrogens is 128 g/mol. The molecule has 56 valence electrons. The van der Waals surface area contributed by atoms with Gasteiger partial charge in [0.2, 0.25) is 0 Å². The molecule has 3 aliphatic carbocycles. The quantitative estimate of drug-likeness (QED) is 0.541. The van der Waals surface area contributed by atoms with Crippen LogP contribution in [0, 0.1) is 11.8 Å². The molecule has 0 amide bonds. The molecule has 3 saturated carbocycles. The normalized spacial score (nSPS) is 50.1. The van der Waals surface area contributed by atoms with Gasteiger partial charge in [0, 0.05) is 0 Å². The van der Waals surface area contributed by atoms with Crippen LogP contribution in [0.25, 0.3) is 0 Å². The molecule has 3 fully saturated rings. The smallest absolute Gasteiger partial charge is 0.293 e. The first-order chi connectivity index (χ1) is 4.74. The summed E-state index contributed by atoms with van der Waals surface area (Å²) in [5, 5.41) is 0. The number of carbonyl (C=O) groups excluding carboxylic acids is 1. The van der Waals surface area contributed by atoms with Crippen LogP contribution in [0.2, 0.25) is 0 Å². The van der Waals surface area contributed by atoms with Gasteiger partial charge in [-0.15, -0.1) is 0 Å². The van der Waals surface area contributed by atoms with Gasteiger partial charge in [-0.2, -0.15) is 0 Å². The minimum Gasteiger partial charge on any atom is -0.461 e. The van der Waals surface area contributed by atoms with E-state index in [2.05, 4.69) is 6.92 Å². The SMILES string of the molecule is C[C@]1(OC=O)CC2CC1C2. The Morgan fingerprint density at radius 1 is 1.60 bits per heavy atom. The molecule has 2 bridgehead atoms. The van der Waals surface area contributed by atoms with Gasteiger partial charge >= 0.3 is 0 Å². The Kier molecular flexibility index (Phi) is 1.08. The number of fused-ring (bicyclic) bond motifs is 1. The highest BCUT2D eigenvalue weighted by Gasteiger charge is 2.53. The average molecular weight is 140 g/mol. The molecule has 2 nitrogen and oxygen atoms in total. The largest absolute Gasteiger partial charge is 0.461 e. The Morgan fingerprint density at radius 2 is 2.30 bits per heavy atom. The van der Waals surface area contributed by atoms with E-state index in [9.17, 15) is 4.79 Å². The molecule has 0 unspecified atom stereocenters. The van der Waals surface area contributed by atoms with Crippen molar-refractivity contribution in [1.82, 2.24) is 0 Å². The van der Waals surface area contributed by atoms with Gasteiger partial charge in [-0.3, -0.25) is 4.79 Å². The fourth-order valence-corrected chi connectivity index (χ4v) is 2.40. The van der Waals surface area contributed by atoms with Crippen molar-refractivity contribution in [3.63, 3.8) is 0 Å². The van der Waals surface area contributed by atoms with E-state index >= 15 is 0 Å². The van der Waals surface area contributed by atoms with E-state index in [-0.39, 0.29) is 5.60 Å². The maximum atomic E-state index is 10.1. The molecule has 0 N–H and O–H groups in total. The molecular formula is C8H12O2. The van der Waals surface area contributed by atoms with Crippen LogP contribution in [0.5, 0.6) is 0 Å². The van der Waals surface area contributed by atoms with Crippen LogP contribution in [0.4, 0.5) is 0 Å². The highest BCUT2D eigenvalue weighted by molar-refractivity contribution is 5.39. The maximum absolute atomic E-state index is 10.1. The van der Waals surface area contributed by atoms with E-state index in [1.54, 1.807) is 0 Å². The monoisotopic (exact) mass is 140 g/mol. The summed E-state index contributed by atoms with van der Waals surface area (Å²) in [6, 6.07) is 0. The van der Waals surface area contributed by atoms with Crippen molar-refractivity contribution >= 4 is 6.47 Å². The lowest BCUT2D eigenvalue weighted by molar-refractivity contribution is -0.144. The second-order valence-electron chi connectivity index (χ2n) is 3.77. The van der Waals surface area contributed by atoms with Gasteiger partial charge in [-0.25, -0.2) is 0 Å². The number of carbonyl (C=O) groups is 1. The van der Waals surface area contributed by atoms with Gasteiger partial charge < -0.3 is 4.74 Å². The van der Waals surface area contributed by atoms with Crippen molar-refractivity contribution < 1.29 is 9.53 Å². The Balaban J connectivity index is 2.08. The van der Waals surface area contributed by atoms with E-state index in [1.165, 1.54) is 12.8 Å². The zero-order valence-electron chi connectivity index (χ0n) is 6.17. The summed E-state index contributed by atoms with van der Waals surface area (Å²) >= 11 is 0. The summed E-state index contributed by atoms with van der Waals surface area (Å²) in [6.07, 6.45) is 3.66. The lowest BCUT2D eigenvalue weighted by Gasteiger charge is -2.29. The summed E-state index contributed by atoms with van der Waals surface area (Å²) in [5.74, 6) is 1.53. The summed E-state index contributed by atoms with van der Waals surface area (Å²) in [7, 11) is 0. The van der Waals surface area contributed by atoms with Gasteiger partial charge in [0.15, 0.2) is 0 Å². The van der Waals surface area contributed by atoms with E-state index in [0.29, 0.717) is 12.4 Å². The Morgan fingerprint density at radius 3 is 2.70 bits per heavy atom. The van der Waals surface area contributed by atoms with Crippen LogP contribution in [0.15, 0.2) is 0 Å². The highest BCUT2D eigenvalue weighted by Crippen LogP contribution is 2.55. The van der Waals surface area contributed by atoms with Crippen molar-refractivity contribution in [2.75, 3.05) is 0 Å². The standard InChI is InChI=1S/C8H12O2/c1-8(10-5-9)4-6-2-7(8)3-6/h5-7H,2-4H2,1H3/t6?,7?,8-/m0/s1. The lowest BCUT2D eigenvalue weighted by Crippen LogP contribution is -2.31. The number of hydrogen-bond donors (Lipinski definition) is 0. The van der Waals surface area contributed by atoms with E-state index in [4.69, 9.17) is 4.74 Å². The summed E-state index contributed by atoms with van der Waals surface area (Å²) in [4.78, 5) is 10.1. The highest BCUT2D eigenvalue weighted by atomic mass is 16.5. The zero-order valence-corrected chi connectivity index (χ0v) is 6.17. The molecule has 3 rings (SSSR count). The van der Waals surface area contributed by atoms with Gasteiger partial charge in [-0.1, -0.05) is 0 Å². The zero-order chi connectivity index (χ0) is 7.19. The predicted molar refractivity (Wildman–Crippen MR) is 36.4 cm³/mol. The number of hydrogen-bond acceptors (Lipinski definition) is 2. The lowest BCUT2D eigenvalue weighted by atomic mass is 9.81. The number of ether oxygens (including phenoxy) is 1. The van der Waals surface area contributed by atoms with Gasteiger partial charge in [0.25, 0.3) is 6.47 Å². The van der Waals surface area contributed by atoms with E-state index in [1.807, 2.05) is 0 Å². The predicted octanol–water partition coefficient (Wildman–Crippen LogP) is 1.35. The third kappa shape index (κ3) is 0.619. The van der Waals surface area contributed by atoms with Crippen LogP contribution in [-0.2, 0) is 9.53 Å². The molecule has 0 aromatic rings. The second-order valence-corrected chi connectivity index (χ2v) is 3.77. The molecule has 0 aromatic carbocycles. The summed E-state index contributed by atoms with van der Waals surface area (Å²) in [6.45, 7) is 2.65. The van der Waals surface area contributed by atoms with Crippen molar-refractivity contribution in [2.45, 2.75) is 31.8 Å². The molecule has 0 heterocycles. The third-order valence-corrected chi connectivity index (χ3v) is 3.11. The Bertz CT molecular complexity index is 161. The molecule has 0 radical (unpaired) electrons. The van der Waals surface area contributed by atoms with Gasteiger partial charge in [-0.05, 0) is 38.0 Å². The maximum Gasteiger partial charge on any atom is 0.293 e. The van der Waals surface area contributed by atoms with E-state index in [0.717, 1.165) is 12.3 Å². The van der Waals surface area contributed by atoms with Crippen LogP contribution < -0.4 is 0 Å². The first-order valence-corrected chi connectivity index (χ1v) is 3.86. The van der Waals surface area contributed by atoms with Crippen molar-refractivity contribution in [2.24, 2.45) is 11.8 Å². The fraction of sp³-hybridized carbons (Fsp3) is 0.875. The van der Waals surface area contributed by atoms with Crippen molar-refractivity contribution in [3.05, 3.63) is 0 Å². The molecule has 2 heteroatoms.